The summed E-state index contributed by atoms with van der Waals surface area (Å²) in [6.45, 7) is 0.698. The van der Waals surface area contributed by atoms with Gasteiger partial charge in [0.05, 0.1) is 11.9 Å². The molecule has 0 unspecified atom stereocenters. The van der Waals surface area contributed by atoms with Gasteiger partial charge in [-0.2, -0.15) is 0 Å². The third kappa shape index (κ3) is 6.13. The molecule has 3 amide bonds. The van der Waals surface area contributed by atoms with Gasteiger partial charge in [-0.15, -0.1) is 0 Å². The van der Waals surface area contributed by atoms with Crippen LogP contribution in [0.15, 0.2) is 18.5 Å². The fourth-order valence-corrected chi connectivity index (χ4v) is 1.18. The van der Waals surface area contributed by atoms with Crippen molar-refractivity contribution >= 4 is 23.6 Å². The molecule has 8 nitrogen and oxygen atoms in total. The molecule has 1 rings (SSSR count). The lowest BCUT2D eigenvalue weighted by Gasteiger charge is -2.06. The number of aliphatic carboxylic acids is 1. The van der Waals surface area contributed by atoms with E-state index in [1.807, 2.05) is 5.32 Å². The molecule has 1 aromatic rings. The first kappa shape index (κ1) is 14.6. The Bertz CT molecular complexity index is 489. The molecule has 1 heterocycles. The van der Waals surface area contributed by atoms with Gasteiger partial charge in [-0.25, -0.2) is 9.59 Å². The van der Waals surface area contributed by atoms with Gasteiger partial charge in [0.2, 0.25) is 0 Å². The molecule has 1 aromatic heterocycles. The van der Waals surface area contributed by atoms with Crippen LogP contribution in [-0.2, 0) is 14.3 Å². The third-order valence-corrected chi connectivity index (χ3v) is 1.84. The van der Waals surface area contributed by atoms with Crippen LogP contribution in [0.1, 0.15) is 5.56 Å². The number of ether oxygens (including phenoxy) is 1. The summed E-state index contributed by atoms with van der Waals surface area (Å²) in [5, 5.41) is 12.7. The van der Waals surface area contributed by atoms with Gasteiger partial charge in [0, 0.05) is 6.20 Å². The first-order valence-corrected chi connectivity index (χ1v) is 5.29. The van der Waals surface area contributed by atoms with E-state index < -0.39 is 31.1 Å². The Hall–Kier alpha value is -2.48. The number of nitrogens with one attached hydrogen (secondary N) is 2. The minimum atomic E-state index is -1.19. The van der Waals surface area contributed by atoms with E-state index in [0.717, 1.165) is 5.56 Å². The lowest BCUT2D eigenvalue weighted by Crippen LogP contribution is -2.37. The van der Waals surface area contributed by atoms with Gasteiger partial charge in [0.15, 0.2) is 0 Å². The van der Waals surface area contributed by atoms with Crippen molar-refractivity contribution in [3.8, 4) is 0 Å². The molecule has 8 heteroatoms. The van der Waals surface area contributed by atoms with Gasteiger partial charge in [-0.05, 0) is 18.6 Å². The topological polar surface area (TPSA) is 118 Å². The Morgan fingerprint density at radius 1 is 1.32 bits per heavy atom. The van der Waals surface area contributed by atoms with Gasteiger partial charge >= 0.3 is 12.0 Å². The number of rotatable bonds is 5. The third-order valence-electron chi connectivity index (χ3n) is 1.84. The molecule has 3 N–H and O–H groups in total. The maximum absolute atomic E-state index is 11.4. The van der Waals surface area contributed by atoms with Crippen LogP contribution in [0, 0.1) is 6.92 Å². The summed E-state index contributed by atoms with van der Waals surface area (Å²) >= 11 is 0. The van der Waals surface area contributed by atoms with Gasteiger partial charge in [0.25, 0.3) is 5.91 Å². The number of hydrogen-bond donors (Lipinski definition) is 3. The Morgan fingerprint density at radius 3 is 2.68 bits per heavy atom. The molecule has 0 aliphatic rings. The fourth-order valence-electron chi connectivity index (χ4n) is 1.18. The van der Waals surface area contributed by atoms with E-state index in [4.69, 9.17) is 5.11 Å². The molecule has 0 spiro atoms. The molecule has 0 saturated heterocycles. The molecule has 0 aliphatic heterocycles. The highest BCUT2D eigenvalue weighted by Gasteiger charge is 2.09. The van der Waals surface area contributed by atoms with Crippen molar-refractivity contribution in [3.63, 3.8) is 0 Å². The Morgan fingerprint density at radius 2 is 2.05 bits per heavy atom. The van der Waals surface area contributed by atoms with Crippen LogP contribution >= 0.6 is 0 Å². The number of pyridine rings is 1. The average Bonchev–Trinajstić information content (AvgIpc) is 2.27. The maximum atomic E-state index is 11.4. The number of urea groups is 1. The summed E-state index contributed by atoms with van der Waals surface area (Å²) < 4.78 is 4.52. The number of hydrogen-bond acceptors (Lipinski definition) is 5. The summed E-state index contributed by atoms with van der Waals surface area (Å²) in [5.74, 6) is -1.93. The summed E-state index contributed by atoms with van der Waals surface area (Å²) in [7, 11) is 0. The van der Waals surface area contributed by atoms with E-state index in [0.29, 0.717) is 5.69 Å². The summed E-state index contributed by atoms with van der Waals surface area (Å²) in [5.41, 5.74) is 1.30. The van der Waals surface area contributed by atoms with E-state index in [1.165, 1.54) is 6.20 Å². The van der Waals surface area contributed by atoms with E-state index in [9.17, 15) is 14.4 Å². The second-order valence-corrected chi connectivity index (χ2v) is 3.64. The molecule has 0 aromatic carbocycles. The molecule has 19 heavy (non-hydrogen) atoms. The Labute approximate surface area is 108 Å². The van der Waals surface area contributed by atoms with Crippen molar-refractivity contribution in [3.05, 3.63) is 24.0 Å². The molecule has 0 atom stereocenters. The van der Waals surface area contributed by atoms with Crippen LogP contribution in [-0.4, -0.2) is 41.2 Å². The van der Waals surface area contributed by atoms with Crippen LogP contribution < -0.4 is 10.6 Å². The van der Waals surface area contributed by atoms with Crippen molar-refractivity contribution in [2.75, 3.05) is 18.5 Å². The van der Waals surface area contributed by atoms with Crippen molar-refractivity contribution in [1.82, 2.24) is 10.3 Å². The van der Waals surface area contributed by atoms with Crippen LogP contribution in [0.3, 0.4) is 0 Å². The van der Waals surface area contributed by atoms with E-state index in [-0.39, 0.29) is 0 Å². The predicted molar refractivity (Wildman–Crippen MR) is 64.6 cm³/mol. The maximum Gasteiger partial charge on any atom is 0.329 e. The zero-order valence-electron chi connectivity index (χ0n) is 10.2. The van der Waals surface area contributed by atoms with Crippen molar-refractivity contribution in [1.29, 1.82) is 0 Å². The zero-order valence-corrected chi connectivity index (χ0v) is 10.2. The number of carboxylic acid groups (broad SMARTS) is 1. The number of nitrogens with zero attached hydrogens (tertiary/aromatic N) is 1. The standard InChI is InChI=1S/C11H13N3O5/c1-7-2-8(4-12-3-7)13-11(18)14-9(15)5-19-6-10(16)17/h2-4H,5-6H2,1H3,(H,16,17)(H2,13,14,15,18). The molecule has 0 saturated carbocycles. The monoisotopic (exact) mass is 267 g/mol. The number of aromatic nitrogens is 1. The number of aryl methyl sites for hydroxylation is 1. The number of carbonyl (C=O) groups excluding carboxylic acids is 2. The van der Waals surface area contributed by atoms with Crippen molar-refractivity contribution in [2.45, 2.75) is 6.92 Å². The molecule has 102 valence electrons. The smallest absolute Gasteiger partial charge is 0.329 e. The molecule has 0 radical (unpaired) electrons. The van der Waals surface area contributed by atoms with Crippen LogP contribution in [0.25, 0.3) is 0 Å². The Kier molecular flexibility index (Phi) is 5.42. The number of amides is 3. The molecule has 0 aliphatic carbocycles. The highest BCUT2D eigenvalue weighted by atomic mass is 16.5. The number of carboxylic acids is 1. The summed E-state index contributed by atoms with van der Waals surface area (Å²) in [6.07, 6.45) is 3.05. The quantitative estimate of drug-likeness (QED) is 0.698. The number of imide groups is 1. The second-order valence-electron chi connectivity index (χ2n) is 3.64. The van der Waals surface area contributed by atoms with Gasteiger partial charge in [-0.1, -0.05) is 0 Å². The summed E-state index contributed by atoms with van der Waals surface area (Å²) in [6, 6.07) is 0.939. The van der Waals surface area contributed by atoms with Gasteiger partial charge in [0.1, 0.15) is 13.2 Å². The highest BCUT2D eigenvalue weighted by Crippen LogP contribution is 2.06. The van der Waals surface area contributed by atoms with Crippen molar-refractivity contribution < 1.29 is 24.2 Å². The largest absolute Gasteiger partial charge is 0.480 e. The van der Waals surface area contributed by atoms with Crippen LogP contribution in [0.2, 0.25) is 0 Å². The van der Waals surface area contributed by atoms with Crippen LogP contribution in [0.4, 0.5) is 10.5 Å². The SMILES string of the molecule is Cc1cncc(NC(=O)NC(=O)COCC(=O)O)c1. The zero-order chi connectivity index (χ0) is 14.3. The molecule has 0 fully saturated rings. The molecular formula is C11H13N3O5. The van der Waals surface area contributed by atoms with E-state index >= 15 is 0 Å². The molecular weight excluding hydrogens is 254 g/mol. The van der Waals surface area contributed by atoms with E-state index in [1.54, 1.807) is 19.2 Å². The average molecular weight is 267 g/mol. The minimum absolute atomic E-state index is 0.441. The van der Waals surface area contributed by atoms with Crippen molar-refractivity contribution in [2.24, 2.45) is 0 Å². The first-order valence-electron chi connectivity index (χ1n) is 5.29. The lowest BCUT2D eigenvalue weighted by molar-refractivity contribution is -0.143. The minimum Gasteiger partial charge on any atom is -0.480 e. The normalized spacial score (nSPS) is 9.74. The summed E-state index contributed by atoms with van der Waals surface area (Å²) in [4.78, 5) is 36.6. The number of anilines is 1. The first-order chi connectivity index (χ1) is 8.97. The van der Waals surface area contributed by atoms with E-state index in [2.05, 4.69) is 15.0 Å². The highest BCUT2D eigenvalue weighted by molar-refractivity contribution is 6.01. The number of carbonyl (C=O) groups is 3. The van der Waals surface area contributed by atoms with Gasteiger partial charge in [-0.3, -0.25) is 15.1 Å². The second kappa shape index (κ2) is 7.07. The molecule has 0 bridgehead atoms. The van der Waals surface area contributed by atoms with Gasteiger partial charge < -0.3 is 15.2 Å². The predicted octanol–water partition coefficient (Wildman–Crippen LogP) is 0.139. The fraction of sp³-hybridized carbons (Fsp3) is 0.273. The van der Waals surface area contributed by atoms with Crippen LogP contribution in [0.5, 0.6) is 0 Å². The Balaban J connectivity index is 2.34. The lowest BCUT2D eigenvalue weighted by atomic mass is 10.3.